The van der Waals surface area contributed by atoms with Gasteiger partial charge in [-0.1, -0.05) is 6.07 Å². The van der Waals surface area contributed by atoms with Crippen LogP contribution in [-0.4, -0.2) is 67.3 Å². The van der Waals surface area contributed by atoms with Crippen LogP contribution in [0.1, 0.15) is 11.7 Å². The smallest absolute Gasteiger partial charge is 0.236 e. The maximum atomic E-state index is 13.2. The lowest BCUT2D eigenvalue weighted by Crippen LogP contribution is -2.51. The summed E-state index contributed by atoms with van der Waals surface area (Å²) in [6, 6.07) is 3.32. The molecule has 0 saturated carbocycles. The summed E-state index contributed by atoms with van der Waals surface area (Å²) in [6.45, 7) is 2.63. The molecule has 2 rings (SSSR count). The monoisotopic (exact) mass is 314 g/mol. The van der Waals surface area contributed by atoms with Crippen molar-refractivity contribution in [1.82, 2.24) is 9.80 Å². The molecule has 7 heteroatoms. The summed E-state index contributed by atoms with van der Waals surface area (Å²) >= 11 is 0. The first kappa shape index (κ1) is 16.8. The second-order valence-electron chi connectivity index (χ2n) is 5.30. The Morgan fingerprint density at radius 1 is 1.32 bits per heavy atom. The summed E-state index contributed by atoms with van der Waals surface area (Å²) in [6.07, 6.45) is -0.964. The van der Waals surface area contributed by atoms with Crippen LogP contribution >= 0.6 is 0 Å². The number of hydrogen-bond donors (Lipinski definition) is 1. The molecule has 0 aliphatic carbocycles. The summed E-state index contributed by atoms with van der Waals surface area (Å²) in [4.78, 5) is 15.5. The molecule has 1 heterocycles. The highest BCUT2D eigenvalue weighted by atomic mass is 19.2. The highest BCUT2D eigenvalue weighted by Crippen LogP contribution is 2.18. The lowest BCUT2D eigenvalue weighted by molar-refractivity contribution is -0.137. The molecule has 0 bridgehead atoms. The molecule has 1 N–H and O–H groups in total. The van der Waals surface area contributed by atoms with Crippen molar-refractivity contribution < 1.29 is 23.4 Å². The second-order valence-corrected chi connectivity index (χ2v) is 5.30. The van der Waals surface area contributed by atoms with Gasteiger partial charge >= 0.3 is 0 Å². The van der Waals surface area contributed by atoms with E-state index < -0.39 is 17.7 Å². The van der Waals surface area contributed by atoms with Crippen LogP contribution in [0, 0.1) is 11.6 Å². The molecular weight excluding hydrogens is 294 g/mol. The van der Waals surface area contributed by atoms with Gasteiger partial charge in [-0.05, 0) is 17.7 Å². The van der Waals surface area contributed by atoms with Crippen molar-refractivity contribution in [3.05, 3.63) is 35.4 Å². The van der Waals surface area contributed by atoms with E-state index in [4.69, 9.17) is 4.74 Å². The topological polar surface area (TPSA) is 53.0 Å². The van der Waals surface area contributed by atoms with Crippen molar-refractivity contribution in [1.29, 1.82) is 0 Å². The van der Waals surface area contributed by atoms with Gasteiger partial charge < -0.3 is 14.7 Å². The van der Waals surface area contributed by atoms with Crippen molar-refractivity contribution in [3.63, 3.8) is 0 Å². The summed E-state index contributed by atoms with van der Waals surface area (Å²) in [7, 11) is 1.58. The van der Waals surface area contributed by atoms with Gasteiger partial charge in [0, 0.05) is 33.3 Å². The Hall–Kier alpha value is -1.57. The number of ether oxygens (including phenoxy) is 1. The predicted octanol–water partition coefficient (Wildman–Crippen LogP) is 0.789. The number of piperazine rings is 1. The van der Waals surface area contributed by atoms with E-state index in [2.05, 4.69) is 0 Å². The zero-order valence-corrected chi connectivity index (χ0v) is 12.5. The molecule has 1 aromatic carbocycles. The summed E-state index contributed by atoms with van der Waals surface area (Å²) in [5.74, 6) is -1.96. The van der Waals surface area contributed by atoms with Crippen LogP contribution in [0.15, 0.2) is 18.2 Å². The quantitative estimate of drug-likeness (QED) is 0.843. The van der Waals surface area contributed by atoms with Crippen LogP contribution in [0.4, 0.5) is 8.78 Å². The van der Waals surface area contributed by atoms with Gasteiger partial charge in [-0.3, -0.25) is 9.69 Å². The standard InChI is InChI=1S/C15H20F2N2O3/c1-22-7-6-19-5-4-18(10-15(19)21)9-14(20)11-2-3-12(16)13(17)8-11/h2-3,8,14,20H,4-7,9-10H2,1H3. The maximum absolute atomic E-state index is 13.2. The van der Waals surface area contributed by atoms with Crippen molar-refractivity contribution in [2.45, 2.75) is 6.10 Å². The molecular formula is C15H20F2N2O3. The zero-order valence-electron chi connectivity index (χ0n) is 12.5. The fourth-order valence-electron chi connectivity index (χ4n) is 2.42. The molecule has 0 radical (unpaired) electrons. The van der Waals surface area contributed by atoms with Crippen molar-refractivity contribution in [3.8, 4) is 0 Å². The van der Waals surface area contributed by atoms with Gasteiger partial charge in [0.25, 0.3) is 0 Å². The van der Waals surface area contributed by atoms with Crippen LogP contribution in [-0.2, 0) is 9.53 Å². The van der Waals surface area contributed by atoms with Crippen LogP contribution in [0.25, 0.3) is 0 Å². The van der Waals surface area contributed by atoms with Gasteiger partial charge in [-0.15, -0.1) is 0 Å². The lowest BCUT2D eigenvalue weighted by Gasteiger charge is -2.35. The molecule has 0 spiro atoms. The number of benzene rings is 1. The van der Waals surface area contributed by atoms with E-state index in [1.165, 1.54) is 6.07 Å². The number of carbonyl (C=O) groups excluding carboxylic acids is 1. The number of halogens is 2. The van der Waals surface area contributed by atoms with E-state index in [1.54, 1.807) is 16.9 Å². The minimum Gasteiger partial charge on any atom is -0.387 e. The number of methoxy groups -OCH3 is 1. The van der Waals surface area contributed by atoms with E-state index in [0.29, 0.717) is 31.8 Å². The summed E-state index contributed by atoms with van der Waals surface area (Å²) < 4.78 is 31.0. The molecule has 22 heavy (non-hydrogen) atoms. The van der Waals surface area contributed by atoms with E-state index in [0.717, 1.165) is 12.1 Å². The molecule has 1 fully saturated rings. The Kier molecular flexibility index (Phi) is 5.82. The van der Waals surface area contributed by atoms with E-state index in [1.807, 2.05) is 0 Å². The second kappa shape index (κ2) is 7.62. The Morgan fingerprint density at radius 3 is 2.73 bits per heavy atom. The molecule has 1 aromatic rings. The summed E-state index contributed by atoms with van der Waals surface area (Å²) in [5, 5.41) is 10.1. The van der Waals surface area contributed by atoms with E-state index in [9.17, 15) is 18.7 Å². The fraction of sp³-hybridized carbons (Fsp3) is 0.533. The van der Waals surface area contributed by atoms with E-state index >= 15 is 0 Å². The first-order valence-corrected chi connectivity index (χ1v) is 7.13. The third-order valence-corrected chi connectivity index (χ3v) is 3.72. The van der Waals surface area contributed by atoms with Crippen molar-refractivity contribution in [2.24, 2.45) is 0 Å². The Morgan fingerprint density at radius 2 is 2.09 bits per heavy atom. The number of hydrogen-bond acceptors (Lipinski definition) is 4. The Bertz CT molecular complexity index is 528. The zero-order chi connectivity index (χ0) is 16.1. The molecule has 1 unspecified atom stereocenters. The highest BCUT2D eigenvalue weighted by Gasteiger charge is 2.25. The SMILES string of the molecule is COCCN1CCN(CC(O)c2ccc(F)c(F)c2)CC1=O. The summed E-state index contributed by atoms with van der Waals surface area (Å²) in [5.41, 5.74) is 0.299. The molecule has 1 aliphatic heterocycles. The number of rotatable bonds is 6. The number of carbonyl (C=O) groups is 1. The van der Waals surface area contributed by atoms with Gasteiger partial charge in [0.05, 0.1) is 19.3 Å². The van der Waals surface area contributed by atoms with Crippen LogP contribution in [0.5, 0.6) is 0 Å². The van der Waals surface area contributed by atoms with Gasteiger partial charge in [0.2, 0.25) is 5.91 Å². The fourth-order valence-corrected chi connectivity index (χ4v) is 2.42. The largest absolute Gasteiger partial charge is 0.387 e. The average Bonchev–Trinajstić information content (AvgIpc) is 2.49. The van der Waals surface area contributed by atoms with Crippen LogP contribution in [0.3, 0.4) is 0 Å². The van der Waals surface area contributed by atoms with Gasteiger partial charge in [0.1, 0.15) is 0 Å². The van der Waals surface area contributed by atoms with Gasteiger partial charge in [0.15, 0.2) is 11.6 Å². The number of amides is 1. The first-order chi connectivity index (χ1) is 10.5. The Balaban J connectivity index is 1.89. The average molecular weight is 314 g/mol. The predicted molar refractivity (Wildman–Crippen MR) is 76.2 cm³/mol. The normalized spacial score (nSPS) is 17.8. The van der Waals surface area contributed by atoms with Crippen LogP contribution < -0.4 is 0 Å². The number of aliphatic hydroxyl groups is 1. The third-order valence-electron chi connectivity index (χ3n) is 3.72. The van der Waals surface area contributed by atoms with Gasteiger partial charge in [-0.2, -0.15) is 0 Å². The van der Waals surface area contributed by atoms with Crippen molar-refractivity contribution >= 4 is 5.91 Å². The lowest BCUT2D eigenvalue weighted by atomic mass is 10.1. The first-order valence-electron chi connectivity index (χ1n) is 7.13. The number of aliphatic hydroxyl groups excluding tert-OH is 1. The molecule has 1 atom stereocenters. The minimum atomic E-state index is -0.989. The molecule has 122 valence electrons. The van der Waals surface area contributed by atoms with Crippen LogP contribution in [0.2, 0.25) is 0 Å². The molecule has 1 aliphatic rings. The Labute approximate surface area is 128 Å². The van der Waals surface area contributed by atoms with Crippen molar-refractivity contribution in [2.75, 3.05) is 46.4 Å². The molecule has 1 saturated heterocycles. The molecule has 5 nitrogen and oxygen atoms in total. The molecule has 1 amide bonds. The van der Waals surface area contributed by atoms with E-state index in [-0.39, 0.29) is 19.0 Å². The molecule has 0 aromatic heterocycles. The highest BCUT2D eigenvalue weighted by molar-refractivity contribution is 5.79. The minimum absolute atomic E-state index is 0.0270. The van der Waals surface area contributed by atoms with Gasteiger partial charge in [-0.25, -0.2) is 8.78 Å². The number of β-amino-alcohol motifs (C(OH)–C–C–N with tert-alkyl or cyclic N) is 1. The third kappa shape index (κ3) is 4.22. The number of nitrogens with zero attached hydrogens (tertiary/aromatic N) is 2. The maximum Gasteiger partial charge on any atom is 0.236 e.